The molecule has 8 nitrogen and oxygen atoms in total. The van der Waals surface area contributed by atoms with Crippen molar-refractivity contribution in [2.75, 3.05) is 26.5 Å². The molecular formula is C24H32N2O6S2. The molecule has 1 N–H and O–H groups in total. The zero-order chi connectivity index (χ0) is 24.9. The Bertz CT molecular complexity index is 1220. The van der Waals surface area contributed by atoms with Crippen molar-refractivity contribution in [3.63, 3.8) is 0 Å². The van der Waals surface area contributed by atoms with Gasteiger partial charge in [-0.25, -0.2) is 16.8 Å². The number of hydrogen-bond donors (Lipinski definition) is 1. The van der Waals surface area contributed by atoms with Crippen molar-refractivity contribution in [1.29, 1.82) is 0 Å². The maximum atomic E-state index is 13.0. The highest BCUT2D eigenvalue weighted by atomic mass is 32.2. The van der Waals surface area contributed by atoms with Gasteiger partial charge in [-0.05, 0) is 67.6 Å². The summed E-state index contributed by atoms with van der Waals surface area (Å²) in [5, 5.41) is 2.90. The second-order valence-corrected chi connectivity index (χ2v) is 12.5. The number of sulfonamides is 1. The van der Waals surface area contributed by atoms with Gasteiger partial charge in [-0.3, -0.25) is 4.79 Å². The van der Waals surface area contributed by atoms with Gasteiger partial charge in [-0.15, -0.1) is 0 Å². The Balaban J connectivity index is 1.67. The zero-order valence-corrected chi connectivity index (χ0v) is 21.4. The summed E-state index contributed by atoms with van der Waals surface area (Å²) < 4.78 is 56.2. The number of benzene rings is 2. The van der Waals surface area contributed by atoms with Gasteiger partial charge in [0, 0.05) is 25.8 Å². The standard InChI is InChI=1S/C24H32N2O6S2/c1-18(19-7-10-21(11-8-19)33(3,28)29)25-24(27)14-9-20-17-22(12-13-23(20)32-2)34(30,31)26-15-5-4-6-16-26/h7-8,10-13,17-18H,4-6,9,14-16H2,1-3H3,(H,25,27)/t18-/m1/s1. The molecule has 1 aliphatic rings. The molecule has 0 unspecified atom stereocenters. The monoisotopic (exact) mass is 508 g/mol. The van der Waals surface area contributed by atoms with Crippen LogP contribution in [0.2, 0.25) is 0 Å². The topological polar surface area (TPSA) is 110 Å². The highest BCUT2D eigenvalue weighted by molar-refractivity contribution is 7.90. The average Bonchev–Trinajstić information content (AvgIpc) is 2.82. The van der Waals surface area contributed by atoms with E-state index in [2.05, 4.69) is 5.32 Å². The first-order chi connectivity index (χ1) is 16.0. The number of amides is 1. The summed E-state index contributed by atoms with van der Waals surface area (Å²) in [5.74, 6) is 0.334. The van der Waals surface area contributed by atoms with Crippen molar-refractivity contribution in [3.8, 4) is 5.75 Å². The molecule has 0 saturated carbocycles. The van der Waals surface area contributed by atoms with E-state index in [-0.39, 0.29) is 28.2 Å². The van der Waals surface area contributed by atoms with Gasteiger partial charge < -0.3 is 10.1 Å². The van der Waals surface area contributed by atoms with Crippen molar-refractivity contribution < 1.29 is 26.4 Å². The lowest BCUT2D eigenvalue weighted by Gasteiger charge is -2.26. The largest absolute Gasteiger partial charge is 0.496 e. The second kappa shape index (κ2) is 10.9. The third-order valence-electron chi connectivity index (χ3n) is 6.01. The molecule has 0 radical (unpaired) electrons. The van der Waals surface area contributed by atoms with E-state index in [0.717, 1.165) is 31.1 Å². The molecule has 1 saturated heterocycles. The third kappa shape index (κ3) is 6.37. The van der Waals surface area contributed by atoms with Gasteiger partial charge in [0.05, 0.1) is 22.9 Å². The van der Waals surface area contributed by atoms with Crippen molar-refractivity contribution in [3.05, 3.63) is 53.6 Å². The lowest BCUT2D eigenvalue weighted by atomic mass is 10.1. The predicted octanol–water partition coefficient (Wildman–Crippen LogP) is 3.08. The number of aryl methyl sites for hydroxylation is 1. The lowest BCUT2D eigenvalue weighted by Crippen LogP contribution is -2.35. The maximum absolute atomic E-state index is 13.0. The molecule has 2 aromatic carbocycles. The van der Waals surface area contributed by atoms with E-state index in [1.54, 1.807) is 30.3 Å². The van der Waals surface area contributed by atoms with E-state index in [1.807, 2.05) is 6.92 Å². The molecule has 0 aromatic heterocycles. The van der Waals surface area contributed by atoms with E-state index in [4.69, 9.17) is 4.74 Å². The first-order valence-corrected chi connectivity index (χ1v) is 14.6. The van der Waals surface area contributed by atoms with Crippen LogP contribution in [0.1, 0.15) is 49.8 Å². The normalized spacial score (nSPS) is 16.1. The first kappa shape index (κ1) is 26.2. The van der Waals surface area contributed by atoms with Gasteiger partial charge in [0.1, 0.15) is 5.75 Å². The van der Waals surface area contributed by atoms with E-state index in [0.29, 0.717) is 30.8 Å². The summed E-state index contributed by atoms with van der Waals surface area (Å²) in [6, 6.07) is 10.9. The molecule has 1 atom stereocenters. The molecule has 34 heavy (non-hydrogen) atoms. The van der Waals surface area contributed by atoms with Crippen LogP contribution in [0.15, 0.2) is 52.3 Å². The molecule has 186 valence electrons. The fraction of sp³-hybridized carbons (Fsp3) is 0.458. The van der Waals surface area contributed by atoms with Crippen LogP contribution in [0.3, 0.4) is 0 Å². The quantitative estimate of drug-likeness (QED) is 0.557. The molecule has 3 rings (SSSR count). The Hall–Kier alpha value is -2.43. The highest BCUT2D eigenvalue weighted by Crippen LogP contribution is 2.27. The molecule has 10 heteroatoms. The number of methoxy groups -OCH3 is 1. The molecule has 0 aliphatic carbocycles. The fourth-order valence-electron chi connectivity index (χ4n) is 4.01. The van der Waals surface area contributed by atoms with Crippen LogP contribution < -0.4 is 10.1 Å². The Labute approximate surface area is 202 Å². The number of nitrogens with one attached hydrogen (secondary N) is 1. The highest BCUT2D eigenvalue weighted by Gasteiger charge is 2.26. The Morgan fingerprint density at radius 3 is 2.21 bits per heavy atom. The smallest absolute Gasteiger partial charge is 0.243 e. The molecular weight excluding hydrogens is 476 g/mol. The number of nitrogens with zero attached hydrogens (tertiary/aromatic N) is 1. The van der Waals surface area contributed by atoms with Gasteiger partial charge in [-0.1, -0.05) is 18.6 Å². The third-order valence-corrected chi connectivity index (χ3v) is 9.03. The molecule has 1 aliphatic heterocycles. The minimum Gasteiger partial charge on any atom is -0.496 e. The molecule has 1 heterocycles. The summed E-state index contributed by atoms with van der Waals surface area (Å²) in [4.78, 5) is 13.0. The van der Waals surface area contributed by atoms with Gasteiger partial charge in [0.25, 0.3) is 0 Å². The summed E-state index contributed by atoms with van der Waals surface area (Å²) in [5.41, 5.74) is 1.44. The van der Waals surface area contributed by atoms with Crippen LogP contribution in [0, 0.1) is 0 Å². The summed E-state index contributed by atoms with van der Waals surface area (Å²) >= 11 is 0. The number of sulfone groups is 1. The SMILES string of the molecule is COc1ccc(S(=O)(=O)N2CCCCC2)cc1CCC(=O)N[C@H](C)c1ccc(S(C)(=O)=O)cc1. The van der Waals surface area contributed by atoms with Crippen molar-refractivity contribution >= 4 is 25.8 Å². The van der Waals surface area contributed by atoms with Crippen molar-refractivity contribution in [2.45, 2.75) is 54.9 Å². The van der Waals surface area contributed by atoms with Gasteiger partial charge in [-0.2, -0.15) is 4.31 Å². The number of carbonyl (C=O) groups excluding carboxylic acids is 1. The number of piperidine rings is 1. The molecule has 1 fully saturated rings. The maximum Gasteiger partial charge on any atom is 0.243 e. The van der Waals surface area contributed by atoms with Gasteiger partial charge in [0.15, 0.2) is 9.84 Å². The molecule has 0 bridgehead atoms. The fourth-order valence-corrected chi connectivity index (χ4v) is 6.21. The second-order valence-electron chi connectivity index (χ2n) is 8.57. The predicted molar refractivity (Wildman–Crippen MR) is 130 cm³/mol. The summed E-state index contributed by atoms with van der Waals surface area (Å²) in [6.45, 7) is 2.87. The van der Waals surface area contributed by atoms with E-state index < -0.39 is 19.9 Å². The first-order valence-electron chi connectivity index (χ1n) is 11.3. The van der Waals surface area contributed by atoms with Crippen molar-refractivity contribution in [1.82, 2.24) is 9.62 Å². The van der Waals surface area contributed by atoms with E-state index in [9.17, 15) is 21.6 Å². The van der Waals surface area contributed by atoms with Gasteiger partial charge in [0.2, 0.25) is 15.9 Å². The molecule has 1 amide bonds. The Kier molecular flexibility index (Phi) is 8.38. The summed E-state index contributed by atoms with van der Waals surface area (Å²) in [6.07, 6.45) is 4.37. The minimum atomic E-state index is -3.58. The zero-order valence-electron chi connectivity index (χ0n) is 19.8. The molecule has 2 aromatic rings. The number of ether oxygens (including phenoxy) is 1. The molecule has 0 spiro atoms. The summed E-state index contributed by atoms with van der Waals surface area (Å²) in [7, 11) is -5.35. The Morgan fingerprint density at radius 2 is 1.62 bits per heavy atom. The Morgan fingerprint density at radius 1 is 1.00 bits per heavy atom. The van der Waals surface area contributed by atoms with Crippen LogP contribution in [-0.2, 0) is 31.1 Å². The van der Waals surface area contributed by atoms with Crippen LogP contribution >= 0.6 is 0 Å². The van der Waals surface area contributed by atoms with Crippen molar-refractivity contribution in [2.24, 2.45) is 0 Å². The number of hydrogen-bond acceptors (Lipinski definition) is 6. The minimum absolute atomic E-state index is 0.148. The number of rotatable bonds is 9. The average molecular weight is 509 g/mol. The van der Waals surface area contributed by atoms with Crippen LogP contribution in [0.5, 0.6) is 5.75 Å². The van der Waals surface area contributed by atoms with Crippen LogP contribution in [-0.4, -0.2) is 53.5 Å². The lowest BCUT2D eigenvalue weighted by molar-refractivity contribution is -0.121. The van der Waals surface area contributed by atoms with Gasteiger partial charge >= 0.3 is 0 Å². The van der Waals surface area contributed by atoms with Crippen LogP contribution in [0.4, 0.5) is 0 Å². The number of carbonyl (C=O) groups is 1. The van der Waals surface area contributed by atoms with E-state index in [1.165, 1.54) is 23.5 Å². The van der Waals surface area contributed by atoms with E-state index >= 15 is 0 Å². The van der Waals surface area contributed by atoms with Crippen LogP contribution in [0.25, 0.3) is 0 Å².